The van der Waals surface area contributed by atoms with Crippen molar-refractivity contribution >= 4 is 54.3 Å². The number of rotatable bonds is 6. The number of amides is 1. The maximum Gasteiger partial charge on any atom is 0.412 e. The standard InChI is InChI=1S/C26H35Cl2N3O3Si/c1-14-15(2)17(4)23-22(16(14)3)30-24(31-23)21(13-33-35(8,9)26(5,6)7)34-25(32)29-18-10-11-19(27)20(28)12-18/h10-12,21H,13H2,1-9H3,(H,29,32)(H,30,31). The van der Waals surface area contributed by atoms with Gasteiger partial charge in [0, 0.05) is 5.69 Å². The van der Waals surface area contributed by atoms with Crippen molar-refractivity contribution < 1.29 is 14.0 Å². The minimum atomic E-state index is -2.10. The fourth-order valence-corrected chi connectivity index (χ4v) is 4.83. The minimum absolute atomic E-state index is 0.00907. The van der Waals surface area contributed by atoms with E-state index >= 15 is 0 Å². The molecule has 1 unspecified atom stereocenters. The zero-order valence-electron chi connectivity index (χ0n) is 21.9. The summed E-state index contributed by atoms with van der Waals surface area (Å²) in [4.78, 5) is 21.2. The number of anilines is 1. The van der Waals surface area contributed by atoms with Crippen LogP contribution in [-0.2, 0) is 9.16 Å². The molecule has 0 bridgehead atoms. The van der Waals surface area contributed by atoms with E-state index in [0.717, 1.165) is 22.2 Å². The summed E-state index contributed by atoms with van der Waals surface area (Å²) < 4.78 is 12.3. The fourth-order valence-electron chi connectivity index (χ4n) is 3.53. The smallest absolute Gasteiger partial charge is 0.412 e. The van der Waals surface area contributed by atoms with E-state index in [1.54, 1.807) is 18.2 Å². The molecule has 9 heteroatoms. The molecule has 0 spiro atoms. The molecule has 3 rings (SSSR count). The van der Waals surface area contributed by atoms with Crippen LogP contribution in [0.4, 0.5) is 10.5 Å². The van der Waals surface area contributed by atoms with Gasteiger partial charge in [0.15, 0.2) is 20.2 Å². The molecule has 190 valence electrons. The van der Waals surface area contributed by atoms with E-state index < -0.39 is 20.5 Å². The number of benzene rings is 2. The van der Waals surface area contributed by atoms with Crippen molar-refractivity contribution in [2.75, 3.05) is 11.9 Å². The van der Waals surface area contributed by atoms with Crippen molar-refractivity contribution in [3.63, 3.8) is 0 Å². The molecule has 6 nitrogen and oxygen atoms in total. The lowest BCUT2D eigenvalue weighted by molar-refractivity contribution is 0.0653. The Bertz CT molecular complexity index is 1220. The highest BCUT2D eigenvalue weighted by Gasteiger charge is 2.38. The quantitative estimate of drug-likeness (QED) is 0.310. The Hall–Kier alpha value is -2.06. The maximum absolute atomic E-state index is 12.9. The average Bonchev–Trinajstić information content (AvgIpc) is 3.21. The Balaban J connectivity index is 1.95. The minimum Gasteiger partial charge on any atom is -0.435 e. The fraction of sp³-hybridized carbons (Fsp3) is 0.462. The second-order valence-corrected chi connectivity index (χ2v) is 16.2. The summed E-state index contributed by atoms with van der Waals surface area (Å²) in [6, 6.07) is 4.86. The summed E-state index contributed by atoms with van der Waals surface area (Å²) in [5, 5.41) is 3.48. The van der Waals surface area contributed by atoms with Crippen LogP contribution in [0.1, 0.15) is 55.0 Å². The number of aryl methyl sites for hydroxylation is 2. The second kappa shape index (κ2) is 10.1. The van der Waals surface area contributed by atoms with Crippen LogP contribution in [0.15, 0.2) is 18.2 Å². The average molecular weight is 537 g/mol. The largest absolute Gasteiger partial charge is 0.435 e. The summed E-state index contributed by atoms with van der Waals surface area (Å²) in [7, 11) is -2.10. The molecule has 1 heterocycles. The molecule has 0 aliphatic heterocycles. The zero-order chi connectivity index (χ0) is 26.3. The van der Waals surface area contributed by atoms with Crippen molar-refractivity contribution in [3.05, 3.63) is 56.3 Å². The van der Waals surface area contributed by atoms with Gasteiger partial charge in [-0.25, -0.2) is 9.78 Å². The topological polar surface area (TPSA) is 76.2 Å². The van der Waals surface area contributed by atoms with Crippen LogP contribution in [0.3, 0.4) is 0 Å². The number of halogens is 2. The number of nitrogens with one attached hydrogen (secondary N) is 2. The van der Waals surface area contributed by atoms with E-state index in [-0.39, 0.29) is 11.6 Å². The monoisotopic (exact) mass is 535 g/mol. The van der Waals surface area contributed by atoms with E-state index in [1.807, 2.05) is 0 Å². The number of aromatic amines is 1. The van der Waals surface area contributed by atoms with Crippen LogP contribution < -0.4 is 5.32 Å². The summed E-state index contributed by atoms with van der Waals surface area (Å²) in [5.41, 5.74) is 6.98. The van der Waals surface area contributed by atoms with Gasteiger partial charge < -0.3 is 14.1 Å². The molecule has 0 radical (unpaired) electrons. The van der Waals surface area contributed by atoms with Gasteiger partial charge in [0.1, 0.15) is 0 Å². The number of imidazole rings is 1. The lowest BCUT2D eigenvalue weighted by atomic mass is 9.98. The first-order valence-electron chi connectivity index (χ1n) is 11.6. The normalized spacial score (nSPS) is 13.2. The van der Waals surface area contributed by atoms with Crippen LogP contribution in [-0.4, -0.2) is 31.0 Å². The Morgan fingerprint density at radius 3 is 2.29 bits per heavy atom. The first-order chi connectivity index (χ1) is 16.1. The molecule has 1 amide bonds. The van der Waals surface area contributed by atoms with E-state index in [1.165, 1.54) is 11.1 Å². The van der Waals surface area contributed by atoms with E-state index in [4.69, 9.17) is 37.3 Å². The lowest BCUT2D eigenvalue weighted by Crippen LogP contribution is -2.42. The molecule has 1 atom stereocenters. The summed E-state index contributed by atoms with van der Waals surface area (Å²) >= 11 is 12.1. The summed E-state index contributed by atoms with van der Waals surface area (Å²) in [6.07, 6.45) is -1.35. The van der Waals surface area contributed by atoms with Gasteiger partial charge in [-0.05, 0) is 86.3 Å². The molecule has 0 saturated heterocycles. The van der Waals surface area contributed by atoms with Gasteiger partial charge in [0.05, 0.1) is 27.7 Å². The van der Waals surface area contributed by atoms with Crippen molar-refractivity contribution in [2.24, 2.45) is 0 Å². The van der Waals surface area contributed by atoms with E-state index in [9.17, 15) is 4.79 Å². The summed E-state index contributed by atoms with van der Waals surface area (Å²) in [6.45, 7) is 19.4. The SMILES string of the molecule is Cc1c(C)c(C)c2[nH]c(C(CO[Si](C)(C)C(C)(C)C)OC(=O)Nc3ccc(Cl)c(Cl)c3)nc2c1C. The van der Waals surface area contributed by atoms with Gasteiger partial charge in [0.2, 0.25) is 0 Å². The number of hydrogen-bond donors (Lipinski definition) is 2. The molecule has 0 fully saturated rings. The second-order valence-electron chi connectivity index (χ2n) is 10.6. The van der Waals surface area contributed by atoms with Gasteiger partial charge >= 0.3 is 6.09 Å². The van der Waals surface area contributed by atoms with Crippen molar-refractivity contribution in [2.45, 2.75) is 72.7 Å². The lowest BCUT2D eigenvalue weighted by Gasteiger charge is -2.36. The van der Waals surface area contributed by atoms with Gasteiger partial charge in [-0.1, -0.05) is 44.0 Å². The van der Waals surface area contributed by atoms with Crippen LogP contribution >= 0.6 is 23.2 Å². The van der Waals surface area contributed by atoms with Crippen LogP contribution in [0.25, 0.3) is 11.0 Å². The van der Waals surface area contributed by atoms with Crippen LogP contribution in [0.5, 0.6) is 0 Å². The predicted octanol–water partition coefficient (Wildman–Crippen LogP) is 8.41. The molecule has 0 aliphatic carbocycles. The number of aromatic nitrogens is 2. The third-order valence-corrected chi connectivity index (χ3v) is 12.5. The molecular formula is C26H35Cl2N3O3Si. The number of ether oxygens (including phenoxy) is 1. The van der Waals surface area contributed by atoms with Gasteiger partial charge in [-0.3, -0.25) is 5.32 Å². The van der Waals surface area contributed by atoms with Crippen molar-refractivity contribution in [1.29, 1.82) is 0 Å². The van der Waals surface area contributed by atoms with E-state index in [2.05, 4.69) is 71.9 Å². The highest BCUT2D eigenvalue weighted by Crippen LogP contribution is 2.38. The van der Waals surface area contributed by atoms with Gasteiger partial charge in [-0.2, -0.15) is 0 Å². The number of carbonyl (C=O) groups excluding carboxylic acids is 1. The molecule has 35 heavy (non-hydrogen) atoms. The van der Waals surface area contributed by atoms with Crippen molar-refractivity contribution in [1.82, 2.24) is 9.97 Å². The first kappa shape index (κ1) is 27.5. The third kappa shape index (κ3) is 5.85. The van der Waals surface area contributed by atoms with Crippen LogP contribution in [0.2, 0.25) is 28.2 Å². The molecule has 1 aromatic heterocycles. The molecule has 0 saturated carbocycles. The van der Waals surface area contributed by atoms with Gasteiger partial charge in [-0.15, -0.1) is 0 Å². The summed E-state index contributed by atoms with van der Waals surface area (Å²) in [5.74, 6) is 0.555. The number of carbonyl (C=O) groups is 1. The Labute approximate surface area is 218 Å². The Morgan fingerprint density at radius 1 is 1.06 bits per heavy atom. The zero-order valence-corrected chi connectivity index (χ0v) is 24.5. The highest BCUT2D eigenvalue weighted by molar-refractivity contribution is 6.74. The molecule has 2 aromatic carbocycles. The maximum atomic E-state index is 12.9. The predicted molar refractivity (Wildman–Crippen MR) is 147 cm³/mol. The molecule has 0 aliphatic rings. The molecular weight excluding hydrogens is 501 g/mol. The first-order valence-corrected chi connectivity index (χ1v) is 15.3. The number of hydrogen-bond acceptors (Lipinski definition) is 4. The Kier molecular flexibility index (Phi) is 7.96. The molecule has 3 aromatic rings. The molecule has 2 N–H and O–H groups in total. The number of fused-ring (bicyclic) bond motifs is 1. The van der Waals surface area contributed by atoms with Crippen molar-refractivity contribution in [3.8, 4) is 0 Å². The highest BCUT2D eigenvalue weighted by atomic mass is 35.5. The van der Waals surface area contributed by atoms with Crippen LogP contribution in [0, 0.1) is 27.7 Å². The number of H-pyrrole nitrogens is 1. The number of nitrogens with zero attached hydrogens (tertiary/aromatic N) is 1. The third-order valence-electron chi connectivity index (χ3n) is 7.26. The van der Waals surface area contributed by atoms with E-state index in [0.29, 0.717) is 21.6 Å². The Morgan fingerprint density at radius 2 is 1.69 bits per heavy atom. The van der Waals surface area contributed by atoms with Gasteiger partial charge in [0.25, 0.3) is 0 Å².